The maximum Gasteiger partial charge on any atom is 0.228 e. The lowest BCUT2D eigenvalue weighted by atomic mass is 9.94. The molecule has 0 spiro atoms. The zero-order valence-electron chi connectivity index (χ0n) is 12.0. The lowest BCUT2D eigenvalue weighted by molar-refractivity contribution is -0.139. The molecular formula is C14H28N2O. The Labute approximate surface area is 106 Å². The molecule has 1 heterocycles. The Morgan fingerprint density at radius 1 is 1.41 bits per heavy atom. The monoisotopic (exact) mass is 240 g/mol. The molecule has 3 nitrogen and oxygen atoms in total. The third-order valence-corrected chi connectivity index (χ3v) is 3.16. The van der Waals surface area contributed by atoms with Crippen LogP contribution in [0, 0.1) is 11.3 Å². The highest BCUT2D eigenvalue weighted by molar-refractivity contribution is 5.81. The van der Waals surface area contributed by atoms with Crippen LogP contribution in [0.1, 0.15) is 47.5 Å². The third-order valence-electron chi connectivity index (χ3n) is 3.16. The van der Waals surface area contributed by atoms with E-state index in [0.29, 0.717) is 12.0 Å². The summed E-state index contributed by atoms with van der Waals surface area (Å²) in [6, 6.07) is 0.462. The molecular weight excluding hydrogens is 212 g/mol. The fraction of sp³-hybridized carbons (Fsp3) is 0.929. The Bertz CT molecular complexity index is 255. The van der Waals surface area contributed by atoms with Crippen LogP contribution in [0.15, 0.2) is 0 Å². The van der Waals surface area contributed by atoms with Gasteiger partial charge in [0.25, 0.3) is 0 Å². The molecule has 0 bridgehead atoms. The molecule has 0 aliphatic carbocycles. The van der Waals surface area contributed by atoms with Crippen molar-refractivity contribution in [3.8, 4) is 0 Å². The molecule has 1 amide bonds. The SMILES string of the molecule is CC(C)CC1CN(C(=O)C(C)(C)C)CCCN1. The molecule has 1 fully saturated rings. The summed E-state index contributed by atoms with van der Waals surface area (Å²) in [7, 11) is 0. The van der Waals surface area contributed by atoms with Crippen molar-refractivity contribution >= 4 is 5.91 Å². The van der Waals surface area contributed by atoms with E-state index >= 15 is 0 Å². The van der Waals surface area contributed by atoms with Gasteiger partial charge in [-0.2, -0.15) is 0 Å². The minimum atomic E-state index is -0.257. The Hall–Kier alpha value is -0.570. The molecule has 3 heteroatoms. The van der Waals surface area contributed by atoms with Crippen molar-refractivity contribution in [2.45, 2.75) is 53.5 Å². The third kappa shape index (κ3) is 4.66. The molecule has 0 aromatic rings. The second kappa shape index (κ2) is 5.85. The van der Waals surface area contributed by atoms with E-state index in [1.807, 2.05) is 25.7 Å². The summed E-state index contributed by atoms with van der Waals surface area (Å²) in [6.45, 7) is 13.3. The maximum absolute atomic E-state index is 12.3. The fourth-order valence-electron chi connectivity index (χ4n) is 2.38. The summed E-state index contributed by atoms with van der Waals surface area (Å²) in [5.41, 5.74) is -0.257. The first kappa shape index (κ1) is 14.5. The van der Waals surface area contributed by atoms with Gasteiger partial charge in [0.1, 0.15) is 0 Å². The largest absolute Gasteiger partial charge is 0.341 e. The van der Waals surface area contributed by atoms with Gasteiger partial charge < -0.3 is 10.2 Å². The van der Waals surface area contributed by atoms with Gasteiger partial charge in [-0.05, 0) is 25.3 Å². The highest BCUT2D eigenvalue weighted by Crippen LogP contribution is 2.19. The standard InChI is InChI=1S/C14H28N2O/c1-11(2)9-12-10-16(8-6-7-15-12)13(17)14(3,4)5/h11-12,15H,6-10H2,1-5H3. The van der Waals surface area contributed by atoms with Crippen LogP contribution in [0.3, 0.4) is 0 Å². The topological polar surface area (TPSA) is 32.3 Å². The summed E-state index contributed by atoms with van der Waals surface area (Å²) in [6.07, 6.45) is 2.21. The molecule has 0 radical (unpaired) electrons. The van der Waals surface area contributed by atoms with Crippen molar-refractivity contribution in [3.05, 3.63) is 0 Å². The summed E-state index contributed by atoms with van der Waals surface area (Å²) in [5, 5.41) is 3.56. The van der Waals surface area contributed by atoms with Crippen molar-refractivity contribution in [1.29, 1.82) is 0 Å². The van der Waals surface area contributed by atoms with Crippen molar-refractivity contribution in [2.24, 2.45) is 11.3 Å². The van der Waals surface area contributed by atoms with Crippen LogP contribution in [-0.4, -0.2) is 36.5 Å². The lowest BCUT2D eigenvalue weighted by Gasteiger charge is -2.31. The molecule has 17 heavy (non-hydrogen) atoms. The quantitative estimate of drug-likeness (QED) is 0.803. The van der Waals surface area contributed by atoms with Gasteiger partial charge in [0.05, 0.1) is 0 Å². The maximum atomic E-state index is 12.3. The van der Waals surface area contributed by atoms with Crippen LogP contribution in [0.2, 0.25) is 0 Å². The van der Waals surface area contributed by atoms with Gasteiger partial charge in [0.15, 0.2) is 0 Å². The highest BCUT2D eigenvalue weighted by atomic mass is 16.2. The van der Waals surface area contributed by atoms with E-state index in [-0.39, 0.29) is 11.3 Å². The molecule has 1 aliphatic rings. The highest BCUT2D eigenvalue weighted by Gasteiger charge is 2.29. The average molecular weight is 240 g/mol. The molecule has 0 aromatic carbocycles. The van der Waals surface area contributed by atoms with Crippen molar-refractivity contribution in [3.63, 3.8) is 0 Å². The molecule has 100 valence electrons. The van der Waals surface area contributed by atoms with Crippen LogP contribution in [0.25, 0.3) is 0 Å². The fourth-order valence-corrected chi connectivity index (χ4v) is 2.38. The Morgan fingerprint density at radius 2 is 2.06 bits per heavy atom. The van der Waals surface area contributed by atoms with E-state index in [9.17, 15) is 4.79 Å². The number of amides is 1. The van der Waals surface area contributed by atoms with E-state index in [4.69, 9.17) is 0 Å². The smallest absolute Gasteiger partial charge is 0.228 e. The lowest BCUT2D eigenvalue weighted by Crippen LogP contribution is -2.45. The molecule has 1 saturated heterocycles. The Morgan fingerprint density at radius 3 is 2.59 bits per heavy atom. The second-order valence-electron chi connectivity index (χ2n) is 6.64. The Kier molecular flexibility index (Phi) is 4.99. The zero-order chi connectivity index (χ0) is 13.1. The number of nitrogens with zero attached hydrogens (tertiary/aromatic N) is 1. The van der Waals surface area contributed by atoms with Gasteiger partial charge in [0, 0.05) is 24.5 Å². The zero-order valence-corrected chi connectivity index (χ0v) is 12.0. The van der Waals surface area contributed by atoms with Gasteiger partial charge in [-0.15, -0.1) is 0 Å². The average Bonchev–Trinajstić information content (AvgIpc) is 2.39. The minimum Gasteiger partial charge on any atom is -0.341 e. The molecule has 1 unspecified atom stereocenters. The van der Waals surface area contributed by atoms with E-state index in [1.165, 1.54) is 0 Å². The van der Waals surface area contributed by atoms with Gasteiger partial charge in [-0.25, -0.2) is 0 Å². The molecule has 1 aliphatic heterocycles. The van der Waals surface area contributed by atoms with E-state index in [1.54, 1.807) is 0 Å². The van der Waals surface area contributed by atoms with Crippen LogP contribution in [0.4, 0.5) is 0 Å². The summed E-state index contributed by atoms with van der Waals surface area (Å²) in [5.74, 6) is 0.965. The van der Waals surface area contributed by atoms with Crippen molar-refractivity contribution < 1.29 is 4.79 Å². The predicted molar refractivity (Wildman–Crippen MR) is 71.9 cm³/mol. The second-order valence-corrected chi connectivity index (χ2v) is 6.64. The first-order valence-corrected chi connectivity index (χ1v) is 6.83. The molecule has 1 N–H and O–H groups in total. The molecule has 1 rings (SSSR count). The van der Waals surface area contributed by atoms with Crippen LogP contribution < -0.4 is 5.32 Å². The van der Waals surface area contributed by atoms with E-state index in [0.717, 1.165) is 32.5 Å². The summed E-state index contributed by atoms with van der Waals surface area (Å²) in [4.78, 5) is 14.4. The number of nitrogens with one attached hydrogen (secondary N) is 1. The summed E-state index contributed by atoms with van der Waals surface area (Å²) < 4.78 is 0. The van der Waals surface area contributed by atoms with E-state index < -0.39 is 0 Å². The molecule has 0 saturated carbocycles. The summed E-state index contributed by atoms with van der Waals surface area (Å²) >= 11 is 0. The number of carbonyl (C=O) groups is 1. The number of rotatable bonds is 2. The number of hydrogen-bond donors (Lipinski definition) is 1. The normalized spacial score (nSPS) is 22.7. The van der Waals surface area contributed by atoms with Crippen molar-refractivity contribution in [1.82, 2.24) is 10.2 Å². The molecule has 0 aromatic heterocycles. The minimum absolute atomic E-state index is 0.257. The van der Waals surface area contributed by atoms with Crippen molar-refractivity contribution in [2.75, 3.05) is 19.6 Å². The van der Waals surface area contributed by atoms with Gasteiger partial charge in [0.2, 0.25) is 5.91 Å². The van der Waals surface area contributed by atoms with Gasteiger partial charge in [-0.1, -0.05) is 34.6 Å². The number of hydrogen-bond acceptors (Lipinski definition) is 2. The van der Waals surface area contributed by atoms with Crippen LogP contribution >= 0.6 is 0 Å². The molecule has 1 atom stereocenters. The Balaban J connectivity index is 2.63. The first-order valence-electron chi connectivity index (χ1n) is 6.83. The van der Waals surface area contributed by atoms with E-state index in [2.05, 4.69) is 19.2 Å². The van der Waals surface area contributed by atoms with Crippen LogP contribution in [-0.2, 0) is 4.79 Å². The predicted octanol–water partition coefficient (Wildman–Crippen LogP) is 2.27. The van der Waals surface area contributed by atoms with Gasteiger partial charge in [-0.3, -0.25) is 4.79 Å². The number of carbonyl (C=O) groups excluding carboxylic acids is 1. The first-order chi connectivity index (χ1) is 7.80. The van der Waals surface area contributed by atoms with Crippen LogP contribution in [0.5, 0.6) is 0 Å². The van der Waals surface area contributed by atoms with Gasteiger partial charge >= 0.3 is 0 Å².